The predicted octanol–water partition coefficient (Wildman–Crippen LogP) is -0.105. The van der Waals surface area contributed by atoms with E-state index in [1.807, 2.05) is 14.0 Å². The van der Waals surface area contributed by atoms with Gasteiger partial charge in [0.15, 0.2) is 0 Å². The van der Waals surface area contributed by atoms with Crippen LogP contribution in [-0.2, 0) is 4.79 Å². The summed E-state index contributed by atoms with van der Waals surface area (Å²) < 4.78 is 0. The van der Waals surface area contributed by atoms with Crippen LogP contribution in [-0.4, -0.2) is 44.5 Å². The Morgan fingerprint density at radius 1 is 1.43 bits per heavy atom. The van der Waals surface area contributed by atoms with E-state index in [9.17, 15) is 4.79 Å². The summed E-state index contributed by atoms with van der Waals surface area (Å²) in [6.45, 7) is 6.46. The lowest BCUT2D eigenvalue weighted by molar-refractivity contribution is -0.124. The summed E-state index contributed by atoms with van der Waals surface area (Å²) in [5, 5.41) is 2.65. The summed E-state index contributed by atoms with van der Waals surface area (Å²) in [5.41, 5.74) is 5.53. The van der Waals surface area contributed by atoms with E-state index in [2.05, 4.69) is 17.1 Å². The molecule has 0 aliphatic rings. The first-order valence-corrected chi connectivity index (χ1v) is 5.11. The largest absolute Gasteiger partial charge is 0.359 e. The first-order valence-electron chi connectivity index (χ1n) is 5.11. The van der Waals surface area contributed by atoms with Crippen molar-refractivity contribution in [1.29, 1.82) is 0 Å². The van der Waals surface area contributed by atoms with E-state index in [-0.39, 0.29) is 11.8 Å². The molecule has 0 spiro atoms. The monoisotopic (exact) mass is 201 g/mol. The molecule has 0 aliphatic heterocycles. The van der Waals surface area contributed by atoms with Gasteiger partial charge in [0.25, 0.3) is 0 Å². The molecule has 0 aromatic carbocycles. The van der Waals surface area contributed by atoms with Crippen molar-refractivity contribution in [3.63, 3.8) is 0 Å². The molecular weight excluding hydrogens is 178 g/mol. The van der Waals surface area contributed by atoms with Crippen LogP contribution < -0.4 is 11.1 Å². The average molecular weight is 201 g/mol. The van der Waals surface area contributed by atoms with E-state index in [1.165, 1.54) is 0 Å². The highest BCUT2D eigenvalue weighted by atomic mass is 16.1. The Bertz CT molecular complexity index is 173. The van der Waals surface area contributed by atoms with Gasteiger partial charge < -0.3 is 16.0 Å². The maximum atomic E-state index is 11.2. The fourth-order valence-corrected chi connectivity index (χ4v) is 1.48. The fraction of sp³-hybridized carbons (Fsp3) is 0.900. The molecule has 2 atom stereocenters. The first kappa shape index (κ1) is 13.4. The second-order valence-electron chi connectivity index (χ2n) is 4.08. The molecule has 0 saturated heterocycles. The number of nitrogens with two attached hydrogens (primary N) is 1. The molecule has 2 unspecified atom stereocenters. The number of hydrogen-bond acceptors (Lipinski definition) is 3. The van der Waals surface area contributed by atoms with Crippen LogP contribution in [0.2, 0.25) is 0 Å². The Labute approximate surface area is 86.8 Å². The van der Waals surface area contributed by atoms with E-state index in [4.69, 9.17) is 5.73 Å². The summed E-state index contributed by atoms with van der Waals surface area (Å²) in [7, 11) is 3.69. The number of carbonyl (C=O) groups excluding carboxylic acids is 1. The van der Waals surface area contributed by atoms with Crippen molar-refractivity contribution in [3.8, 4) is 0 Å². The third kappa shape index (κ3) is 5.19. The summed E-state index contributed by atoms with van der Waals surface area (Å²) >= 11 is 0. The molecule has 0 fully saturated rings. The predicted molar refractivity (Wildman–Crippen MR) is 58.9 cm³/mol. The van der Waals surface area contributed by atoms with Gasteiger partial charge in [-0.2, -0.15) is 0 Å². The van der Waals surface area contributed by atoms with Crippen LogP contribution in [0.1, 0.15) is 13.8 Å². The molecule has 84 valence electrons. The molecule has 0 rings (SSSR count). The van der Waals surface area contributed by atoms with Gasteiger partial charge in [0.05, 0.1) is 0 Å². The van der Waals surface area contributed by atoms with Gasteiger partial charge in [0.2, 0.25) is 5.91 Å². The average Bonchev–Trinajstić information content (AvgIpc) is 2.15. The van der Waals surface area contributed by atoms with Gasteiger partial charge in [-0.25, -0.2) is 0 Å². The number of nitrogens with zero attached hydrogens (tertiary/aromatic N) is 1. The summed E-state index contributed by atoms with van der Waals surface area (Å²) in [4.78, 5) is 13.4. The van der Waals surface area contributed by atoms with Crippen molar-refractivity contribution in [1.82, 2.24) is 10.2 Å². The number of carbonyl (C=O) groups is 1. The minimum absolute atomic E-state index is 0.0370. The van der Waals surface area contributed by atoms with Gasteiger partial charge >= 0.3 is 0 Å². The molecule has 4 heteroatoms. The normalized spacial score (nSPS) is 15.3. The van der Waals surface area contributed by atoms with Crippen LogP contribution in [0.5, 0.6) is 0 Å². The zero-order valence-corrected chi connectivity index (χ0v) is 9.71. The second-order valence-corrected chi connectivity index (χ2v) is 4.08. The van der Waals surface area contributed by atoms with E-state index < -0.39 is 0 Å². The van der Waals surface area contributed by atoms with Gasteiger partial charge in [0, 0.05) is 26.1 Å². The molecular formula is C10H23N3O. The molecule has 0 aromatic heterocycles. The lowest BCUT2D eigenvalue weighted by Crippen LogP contribution is -2.37. The minimum Gasteiger partial charge on any atom is -0.359 e. The molecule has 0 saturated carbocycles. The highest BCUT2D eigenvalue weighted by Gasteiger charge is 2.14. The Balaban J connectivity index is 3.81. The van der Waals surface area contributed by atoms with Gasteiger partial charge in [-0.1, -0.05) is 13.8 Å². The lowest BCUT2D eigenvalue weighted by Gasteiger charge is -2.23. The minimum atomic E-state index is 0.0370. The maximum Gasteiger partial charge on any atom is 0.223 e. The Hall–Kier alpha value is -0.610. The van der Waals surface area contributed by atoms with Gasteiger partial charge in [-0.15, -0.1) is 0 Å². The highest BCUT2D eigenvalue weighted by molar-refractivity contribution is 5.78. The molecule has 4 nitrogen and oxygen atoms in total. The third-order valence-electron chi connectivity index (χ3n) is 2.31. The molecule has 3 N–H and O–H groups in total. The van der Waals surface area contributed by atoms with Gasteiger partial charge in [-0.3, -0.25) is 4.79 Å². The standard InChI is InChI=1S/C10H23N3O/c1-8(5-11)6-13(4)7-9(2)10(14)12-3/h8-9H,5-7,11H2,1-4H3,(H,12,14). The van der Waals surface area contributed by atoms with Crippen LogP contribution in [0, 0.1) is 11.8 Å². The first-order chi connectivity index (χ1) is 6.51. The maximum absolute atomic E-state index is 11.2. The molecule has 0 aliphatic carbocycles. The number of rotatable bonds is 6. The van der Waals surface area contributed by atoms with Crippen LogP contribution >= 0.6 is 0 Å². The quantitative estimate of drug-likeness (QED) is 0.630. The van der Waals surface area contributed by atoms with Crippen molar-refractivity contribution in [2.24, 2.45) is 17.6 Å². The Kier molecular flexibility index (Phi) is 6.49. The van der Waals surface area contributed by atoms with Crippen molar-refractivity contribution >= 4 is 5.91 Å². The third-order valence-corrected chi connectivity index (χ3v) is 2.31. The van der Waals surface area contributed by atoms with Crippen LogP contribution in [0.25, 0.3) is 0 Å². The van der Waals surface area contributed by atoms with Crippen molar-refractivity contribution in [3.05, 3.63) is 0 Å². The smallest absolute Gasteiger partial charge is 0.223 e. The van der Waals surface area contributed by atoms with Crippen molar-refractivity contribution < 1.29 is 4.79 Å². The van der Waals surface area contributed by atoms with Gasteiger partial charge in [0.1, 0.15) is 0 Å². The SMILES string of the molecule is CNC(=O)C(C)CN(C)CC(C)CN. The fourth-order valence-electron chi connectivity index (χ4n) is 1.48. The number of nitrogens with one attached hydrogen (secondary N) is 1. The van der Waals surface area contributed by atoms with E-state index >= 15 is 0 Å². The Morgan fingerprint density at radius 2 is 2.00 bits per heavy atom. The van der Waals surface area contributed by atoms with E-state index in [0.717, 1.165) is 13.1 Å². The van der Waals surface area contributed by atoms with Crippen LogP contribution in [0.15, 0.2) is 0 Å². The molecule has 14 heavy (non-hydrogen) atoms. The molecule has 0 radical (unpaired) electrons. The van der Waals surface area contributed by atoms with Crippen molar-refractivity contribution in [2.45, 2.75) is 13.8 Å². The number of amides is 1. The topological polar surface area (TPSA) is 58.4 Å². The van der Waals surface area contributed by atoms with Crippen LogP contribution in [0.3, 0.4) is 0 Å². The molecule has 0 heterocycles. The molecule has 0 bridgehead atoms. The van der Waals surface area contributed by atoms with E-state index in [1.54, 1.807) is 7.05 Å². The highest BCUT2D eigenvalue weighted by Crippen LogP contribution is 2.01. The second kappa shape index (κ2) is 6.79. The van der Waals surface area contributed by atoms with E-state index in [0.29, 0.717) is 12.5 Å². The van der Waals surface area contributed by atoms with Crippen molar-refractivity contribution in [2.75, 3.05) is 33.7 Å². The summed E-state index contributed by atoms with van der Waals surface area (Å²) in [6, 6.07) is 0. The Morgan fingerprint density at radius 3 is 2.43 bits per heavy atom. The number of hydrogen-bond donors (Lipinski definition) is 2. The van der Waals surface area contributed by atoms with Gasteiger partial charge in [-0.05, 0) is 19.5 Å². The molecule has 0 aromatic rings. The zero-order chi connectivity index (χ0) is 11.1. The lowest BCUT2D eigenvalue weighted by atomic mass is 10.1. The molecule has 1 amide bonds. The summed E-state index contributed by atoms with van der Waals surface area (Å²) in [6.07, 6.45) is 0. The zero-order valence-electron chi connectivity index (χ0n) is 9.71. The van der Waals surface area contributed by atoms with Crippen LogP contribution in [0.4, 0.5) is 0 Å². The summed E-state index contributed by atoms with van der Waals surface area (Å²) in [5.74, 6) is 0.615.